The molecule has 0 aliphatic heterocycles. The molecule has 1 aromatic heterocycles. The lowest BCUT2D eigenvalue weighted by molar-refractivity contribution is -0.145. The van der Waals surface area contributed by atoms with Crippen molar-refractivity contribution in [2.24, 2.45) is 0 Å². The number of furan rings is 1. The van der Waals surface area contributed by atoms with Crippen LogP contribution < -0.4 is 0 Å². The molecule has 4 heteroatoms. The fraction of sp³-hybridized carbons (Fsp3) is 0.727. The van der Waals surface area contributed by atoms with Crippen molar-refractivity contribution in [1.29, 1.82) is 0 Å². The number of carbonyl (C=O) groups is 2. The summed E-state index contributed by atoms with van der Waals surface area (Å²) in [6.07, 6.45) is 17.9. The number of rotatable bonds is 17. The van der Waals surface area contributed by atoms with E-state index in [-0.39, 0.29) is 18.3 Å². The fourth-order valence-electron chi connectivity index (χ4n) is 3.05. The van der Waals surface area contributed by atoms with Gasteiger partial charge in [0.25, 0.3) is 0 Å². The Labute approximate surface area is 158 Å². The molecule has 148 valence electrons. The van der Waals surface area contributed by atoms with Crippen molar-refractivity contribution in [3.8, 4) is 0 Å². The van der Waals surface area contributed by atoms with Gasteiger partial charge in [-0.3, -0.25) is 9.59 Å². The maximum absolute atomic E-state index is 11.7. The minimum Gasteiger partial charge on any atom is -0.457 e. The van der Waals surface area contributed by atoms with Crippen LogP contribution in [0.2, 0.25) is 0 Å². The van der Waals surface area contributed by atoms with Crippen LogP contribution in [0.1, 0.15) is 113 Å². The number of esters is 1. The highest BCUT2D eigenvalue weighted by Crippen LogP contribution is 2.13. The molecule has 0 aliphatic carbocycles. The highest BCUT2D eigenvalue weighted by atomic mass is 16.5. The van der Waals surface area contributed by atoms with E-state index in [4.69, 9.17) is 9.15 Å². The van der Waals surface area contributed by atoms with E-state index in [1.807, 2.05) is 0 Å². The minimum atomic E-state index is -0.197. The lowest BCUT2D eigenvalue weighted by Crippen LogP contribution is -2.03. The van der Waals surface area contributed by atoms with Crippen molar-refractivity contribution in [2.75, 3.05) is 0 Å². The first-order valence-electron chi connectivity index (χ1n) is 10.5. The second-order valence-electron chi connectivity index (χ2n) is 7.08. The molecule has 26 heavy (non-hydrogen) atoms. The Bertz CT molecular complexity index is 478. The number of ether oxygens (including phenoxy) is 1. The third kappa shape index (κ3) is 11.9. The van der Waals surface area contributed by atoms with Crippen LogP contribution >= 0.6 is 0 Å². The molecule has 0 saturated heterocycles. The van der Waals surface area contributed by atoms with Gasteiger partial charge in [0.05, 0.1) is 0 Å². The molecule has 0 bridgehead atoms. The summed E-state index contributed by atoms with van der Waals surface area (Å²) in [5.41, 5.74) is 0. The van der Waals surface area contributed by atoms with E-state index in [1.165, 1.54) is 70.6 Å². The van der Waals surface area contributed by atoms with Gasteiger partial charge in [-0.2, -0.15) is 0 Å². The van der Waals surface area contributed by atoms with Crippen LogP contribution in [0.25, 0.3) is 0 Å². The number of aldehydes is 1. The standard InChI is InChI=1S/C22H36O4/c1-2-3-4-5-6-7-8-9-10-11-12-13-14-15-22(24)25-19-21-17-16-20(18-23)26-21/h16-18H,2-15,19H2,1H3. The summed E-state index contributed by atoms with van der Waals surface area (Å²) in [5, 5.41) is 0. The van der Waals surface area contributed by atoms with Crippen LogP contribution in [0.5, 0.6) is 0 Å². The molecule has 0 saturated carbocycles. The zero-order chi connectivity index (χ0) is 18.9. The Hall–Kier alpha value is -1.58. The topological polar surface area (TPSA) is 56.5 Å². The number of hydrogen-bond acceptors (Lipinski definition) is 4. The Balaban J connectivity index is 1.83. The molecule has 1 aromatic rings. The molecule has 0 radical (unpaired) electrons. The molecule has 0 aromatic carbocycles. The first-order chi connectivity index (χ1) is 12.8. The Morgan fingerprint density at radius 3 is 1.92 bits per heavy atom. The first-order valence-corrected chi connectivity index (χ1v) is 10.5. The molecule has 0 amide bonds. The summed E-state index contributed by atoms with van der Waals surface area (Å²) in [6.45, 7) is 2.36. The largest absolute Gasteiger partial charge is 0.457 e. The highest BCUT2D eigenvalue weighted by molar-refractivity contribution is 5.70. The van der Waals surface area contributed by atoms with E-state index in [1.54, 1.807) is 12.1 Å². The van der Waals surface area contributed by atoms with Crippen molar-refractivity contribution < 1.29 is 18.7 Å². The summed E-state index contributed by atoms with van der Waals surface area (Å²) >= 11 is 0. The van der Waals surface area contributed by atoms with Gasteiger partial charge >= 0.3 is 5.97 Å². The second-order valence-corrected chi connectivity index (χ2v) is 7.08. The van der Waals surface area contributed by atoms with Gasteiger partial charge in [0.15, 0.2) is 12.0 Å². The van der Waals surface area contributed by atoms with E-state index in [2.05, 4.69) is 6.92 Å². The molecule has 0 atom stereocenters. The van der Waals surface area contributed by atoms with Gasteiger partial charge in [-0.15, -0.1) is 0 Å². The van der Waals surface area contributed by atoms with Crippen molar-refractivity contribution in [1.82, 2.24) is 0 Å². The van der Waals surface area contributed by atoms with Crippen LogP contribution in [-0.4, -0.2) is 12.3 Å². The predicted molar refractivity (Wildman–Crippen MR) is 104 cm³/mol. The number of hydrogen-bond donors (Lipinski definition) is 0. The molecule has 1 rings (SSSR count). The van der Waals surface area contributed by atoms with Gasteiger partial charge in [0, 0.05) is 6.42 Å². The number of carbonyl (C=O) groups excluding carboxylic acids is 2. The molecule has 0 aliphatic rings. The molecule has 1 heterocycles. The highest BCUT2D eigenvalue weighted by Gasteiger charge is 2.06. The third-order valence-corrected chi connectivity index (χ3v) is 4.66. The van der Waals surface area contributed by atoms with E-state index >= 15 is 0 Å². The van der Waals surface area contributed by atoms with Crippen molar-refractivity contribution >= 4 is 12.3 Å². The van der Waals surface area contributed by atoms with Crippen molar-refractivity contribution in [3.05, 3.63) is 23.7 Å². The van der Waals surface area contributed by atoms with Gasteiger partial charge in [0.1, 0.15) is 12.4 Å². The summed E-state index contributed by atoms with van der Waals surface area (Å²) in [7, 11) is 0. The first kappa shape index (κ1) is 22.5. The van der Waals surface area contributed by atoms with E-state index in [0.717, 1.165) is 12.8 Å². The Morgan fingerprint density at radius 2 is 1.42 bits per heavy atom. The van der Waals surface area contributed by atoms with Crippen LogP contribution in [0, 0.1) is 0 Å². The van der Waals surface area contributed by atoms with E-state index in [0.29, 0.717) is 18.5 Å². The minimum absolute atomic E-state index is 0.102. The zero-order valence-corrected chi connectivity index (χ0v) is 16.5. The van der Waals surface area contributed by atoms with Crippen LogP contribution in [0.3, 0.4) is 0 Å². The van der Waals surface area contributed by atoms with Gasteiger partial charge in [0.2, 0.25) is 0 Å². The van der Waals surface area contributed by atoms with E-state index < -0.39 is 0 Å². The molecule has 0 spiro atoms. The van der Waals surface area contributed by atoms with Gasteiger partial charge < -0.3 is 9.15 Å². The molecular weight excluding hydrogens is 328 g/mol. The van der Waals surface area contributed by atoms with Gasteiger partial charge in [-0.05, 0) is 18.6 Å². The summed E-state index contributed by atoms with van der Waals surface area (Å²) in [4.78, 5) is 22.2. The lowest BCUT2D eigenvalue weighted by atomic mass is 10.0. The number of unbranched alkanes of at least 4 members (excludes halogenated alkanes) is 12. The van der Waals surface area contributed by atoms with Crippen LogP contribution in [0.15, 0.2) is 16.5 Å². The average Bonchev–Trinajstić information content (AvgIpc) is 3.12. The summed E-state index contributed by atoms with van der Waals surface area (Å²) in [5.74, 6) is 0.565. The van der Waals surface area contributed by atoms with Crippen LogP contribution in [-0.2, 0) is 16.1 Å². The van der Waals surface area contributed by atoms with Crippen LogP contribution in [0.4, 0.5) is 0 Å². The van der Waals surface area contributed by atoms with Gasteiger partial charge in [-0.25, -0.2) is 0 Å². The van der Waals surface area contributed by atoms with E-state index in [9.17, 15) is 9.59 Å². The molecule has 0 unspecified atom stereocenters. The fourth-order valence-corrected chi connectivity index (χ4v) is 3.05. The molecule has 0 N–H and O–H groups in total. The SMILES string of the molecule is CCCCCCCCCCCCCCCC(=O)OCc1ccc(C=O)o1. The Morgan fingerprint density at radius 1 is 0.885 bits per heavy atom. The predicted octanol–water partition coefficient (Wildman–Crippen LogP) is 6.62. The maximum Gasteiger partial charge on any atom is 0.306 e. The smallest absolute Gasteiger partial charge is 0.306 e. The normalized spacial score (nSPS) is 10.8. The van der Waals surface area contributed by atoms with Crippen molar-refractivity contribution in [3.63, 3.8) is 0 Å². The zero-order valence-electron chi connectivity index (χ0n) is 16.5. The Kier molecular flexibility index (Phi) is 13.5. The molecule has 4 nitrogen and oxygen atoms in total. The summed E-state index contributed by atoms with van der Waals surface area (Å²) in [6, 6.07) is 3.23. The van der Waals surface area contributed by atoms with Gasteiger partial charge in [-0.1, -0.05) is 84.0 Å². The maximum atomic E-state index is 11.7. The second kappa shape index (κ2) is 15.7. The lowest BCUT2D eigenvalue weighted by Gasteiger charge is -2.04. The summed E-state index contributed by atoms with van der Waals surface area (Å²) < 4.78 is 10.3. The monoisotopic (exact) mass is 364 g/mol. The third-order valence-electron chi connectivity index (χ3n) is 4.66. The quantitative estimate of drug-likeness (QED) is 0.177. The molecule has 0 fully saturated rings. The van der Waals surface area contributed by atoms with Crippen molar-refractivity contribution in [2.45, 2.75) is 103 Å². The average molecular weight is 365 g/mol. The molecular formula is C22H36O4.